The zero-order valence-corrected chi connectivity index (χ0v) is 12.6. The quantitative estimate of drug-likeness (QED) is 0.770. The minimum atomic E-state index is -0.335. The number of hydrogen-bond donors (Lipinski definition) is 2. The molecule has 24 heavy (non-hydrogen) atoms. The molecular weight excluding hydrogens is 302 g/mol. The predicted molar refractivity (Wildman–Crippen MR) is 90.9 cm³/mol. The van der Waals surface area contributed by atoms with Gasteiger partial charge in [-0.1, -0.05) is 30.3 Å². The van der Waals surface area contributed by atoms with Crippen molar-refractivity contribution >= 4 is 23.1 Å². The minimum absolute atomic E-state index is 0.206. The minimum Gasteiger partial charge on any atom is -0.338 e. The van der Waals surface area contributed by atoms with Gasteiger partial charge in [-0.15, -0.1) is 0 Å². The van der Waals surface area contributed by atoms with Gasteiger partial charge in [-0.05, 0) is 24.3 Å². The summed E-state index contributed by atoms with van der Waals surface area (Å²) in [6.45, 7) is 0. The van der Waals surface area contributed by atoms with Crippen molar-refractivity contribution in [1.82, 2.24) is 9.97 Å². The molecule has 1 heterocycles. The average Bonchev–Trinajstić information content (AvgIpc) is 2.63. The molecular formula is C18H13N5O. The van der Waals surface area contributed by atoms with Crippen LogP contribution >= 0.6 is 0 Å². The summed E-state index contributed by atoms with van der Waals surface area (Å²) in [7, 11) is 0. The summed E-state index contributed by atoms with van der Waals surface area (Å²) < 4.78 is 0. The Labute approximate surface area is 138 Å². The fourth-order valence-electron chi connectivity index (χ4n) is 2.05. The summed E-state index contributed by atoms with van der Waals surface area (Å²) in [5.41, 5.74) is 2.04. The molecule has 6 heteroatoms. The maximum absolute atomic E-state index is 12.1. The lowest BCUT2D eigenvalue weighted by atomic mass is 10.2. The second-order valence-corrected chi connectivity index (χ2v) is 4.89. The normalized spacial score (nSPS) is 9.79. The van der Waals surface area contributed by atoms with Crippen LogP contribution in [-0.2, 0) is 0 Å². The first kappa shape index (κ1) is 15.2. The SMILES string of the molecule is N#Cc1ccccc1Nc1cnc(C(=O)Nc2ccccc2)cn1. The fraction of sp³-hybridized carbons (Fsp3) is 0. The third-order valence-corrected chi connectivity index (χ3v) is 3.23. The van der Waals surface area contributed by atoms with E-state index in [-0.39, 0.29) is 11.6 Å². The van der Waals surface area contributed by atoms with Crippen molar-refractivity contribution in [3.8, 4) is 6.07 Å². The number of rotatable bonds is 4. The molecule has 2 aromatic carbocycles. The highest BCUT2D eigenvalue weighted by Gasteiger charge is 2.09. The Morgan fingerprint density at radius 3 is 2.42 bits per heavy atom. The Kier molecular flexibility index (Phi) is 4.45. The molecule has 0 bridgehead atoms. The van der Waals surface area contributed by atoms with Crippen molar-refractivity contribution in [2.24, 2.45) is 0 Å². The first-order valence-electron chi connectivity index (χ1n) is 7.21. The second kappa shape index (κ2) is 7.03. The fourth-order valence-corrected chi connectivity index (χ4v) is 2.05. The van der Waals surface area contributed by atoms with Gasteiger partial charge in [-0.25, -0.2) is 9.97 Å². The van der Waals surface area contributed by atoms with Crippen molar-refractivity contribution in [3.63, 3.8) is 0 Å². The van der Waals surface area contributed by atoms with Crippen molar-refractivity contribution < 1.29 is 4.79 Å². The lowest BCUT2D eigenvalue weighted by molar-refractivity contribution is 0.102. The largest absolute Gasteiger partial charge is 0.338 e. The molecule has 2 N–H and O–H groups in total. The van der Waals surface area contributed by atoms with Crippen molar-refractivity contribution in [2.75, 3.05) is 10.6 Å². The summed E-state index contributed by atoms with van der Waals surface area (Å²) in [6.07, 6.45) is 2.84. The molecule has 1 aromatic heterocycles. The van der Waals surface area contributed by atoms with Crippen LogP contribution in [-0.4, -0.2) is 15.9 Å². The van der Waals surface area contributed by atoms with E-state index in [2.05, 4.69) is 26.7 Å². The zero-order chi connectivity index (χ0) is 16.8. The Hall–Kier alpha value is -3.72. The summed E-state index contributed by atoms with van der Waals surface area (Å²) in [4.78, 5) is 20.4. The molecule has 0 saturated heterocycles. The standard InChI is InChI=1S/C18H13N5O/c19-10-13-6-4-5-9-15(13)23-17-12-20-16(11-21-17)18(24)22-14-7-2-1-3-8-14/h1-9,11-12H,(H,21,23)(H,22,24). The van der Waals surface area contributed by atoms with Crippen LogP contribution in [0.3, 0.4) is 0 Å². The molecule has 0 radical (unpaired) electrons. The number of anilines is 3. The molecule has 0 fully saturated rings. The molecule has 0 unspecified atom stereocenters. The van der Waals surface area contributed by atoms with Crippen LogP contribution in [0.2, 0.25) is 0 Å². The lowest BCUT2D eigenvalue weighted by Crippen LogP contribution is -2.14. The highest BCUT2D eigenvalue weighted by molar-refractivity contribution is 6.02. The van der Waals surface area contributed by atoms with E-state index in [4.69, 9.17) is 5.26 Å². The summed E-state index contributed by atoms with van der Waals surface area (Å²) >= 11 is 0. The molecule has 1 amide bonds. The monoisotopic (exact) mass is 315 g/mol. The van der Waals surface area contributed by atoms with Gasteiger partial charge in [-0.2, -0.15) is 5.26 Å². The molecule has 3 aromatic rings. The highest BCUT2D eigenvalue weighted by Crippen LogP contribution is 2.18. The smallest absolute Gasteiger partial charge is 0.275 e. The van der Waals surface area contributed by atoms with E-state index in [1.165, 1.54) is 12.4 Å². The van der Waals surface area contributed by atoms with Gasteiger partial charge in [-0.3, -0.25) is 4.79 Å². The molecule has 0 atom stereocenters. The van der Waals surface area contributed by atoms with E-state index in [1.807, 2.05) is 24.3 Å². The van der Waals surface area contributed by atoms with E-state index in [0.717, 1.165) is 0 Å². The molecule has 3 rings (SSSR count). The van der Waals surface area contributed by atoms with Gasteiger partial charge in [0.2, 0.25) is 0 Å². The van der Waals surface area contributed by atoms with Crippen molar-refractivity contribution in [2.45, 2.75) is 0 Å². The lowest BCUT2D eigenvalue weighted by Gasteiger charge is -2.08. The topological polar surface area (TPSA) is 90.7 Å². The molecule has 116 valence electrons. The van der Waals surface area contributed by atoms with E-state index in [1.54, 1.807) is 30.3 Å². The number of amides is 1. The maximum Gasteiger partial charge on any atom is 0.275 e. The van der Waals surface area contributed by atoms with Gasteiger partial charge < -0.3 is 10.6 Å². The van der Waals surface area contributed by atoms with Crippen LogP contribution < -0.4 is 10.6 Å². The van der Waals surface area contributed by atoms with E-state index >= 15 is 0 Å². The Balaban J connectivity index is 1.71. The van der Waals surface area contributed by atoms with Crippen LogP contribution in [0.15, 0.2) is 67.0 Å². The number of carbonyl (C=O) groups excluding carboxylic acids is 1. The number of nitriles is 1. The number of aromatic nitrogens is 2. The summed E-state index contributed by atoms with van der Waals surface area (Å²) in [5.74, 6) is 0.117. The van der Waals surface area contributed by atoms with Gasteiger partial charge in [0.1, 0.15) is 17.6 Å². The summed E-state index contributed by atoms with van der Waals surface area (Å²) in [6, 6.07) is 18.3. The third-order valence-electron chi connectivity index (χ3n) is 3.23. The average molecular weight is 315 g/mol. The Morgan fingerprint density at radius 2 is 1.71 bits per heavy atom. The Bertz CT molecular complexity index is 885. The van der Waals surface area contributed by atoms with Crippen LogP contribution in [0.1, 0.15) is 16.1 Å². The van der Waals surface area contributed by atoms with Crippen LogP contribution in [0.25, 0.3) is 0 Å². The number of nitrogens with zero attached hydrogens (tertiary/aromatic N) is 3. The number of para-hydroxylation sites is 2. The van der Waals surface area contributed by atoms with Crippen molar-refractivity contribution in [3.05, 3.63) is 78.2 Å². The molecule has 6 nitrogen and oxygen atoms in total. The van der Waals surface area contributed by atoms with Gasteiger partial charge in [0.05, 0.1) is 23.6 Å². The van der Waals surface area contributed by atoms with Gasteiger partial charge >= 0.3 is 0 Å². The molecule has 0 saturated carbocycles. The van der Waals surface area contributed by atoms with Crippen LogP contribution in [0.5, 0.6) is 0 Å². The molecule has 0 aliphatic heterocycles. The van der Waals surface area contributed by atoms with E-state index in [0.29, 0.717) is 22.8 Å². The van der Waals surface area contributed by atoms with Gasteiger partial charge in [0.25, 0.3) is 5.91 Å². The van der Waals surface area contributed by atoms with Gasteiger partial charge in [0, 0.05) is 5.69 Å². The van der Waals surface area contributed by atoms with Crippen LogP contribution in [0, 0.1) is 11.3 Å². The Morgan fingerprint density at radius 1 is 0.958 bits per heavy atom. The van der Waals surface area contributed by atoms with Crippen LogP contribution in [0.4, 0.5) is 17.2 Å². The maximum atomic E-state index is 12.1. The number of hydrogen-bond acceptors (Lipinski definition) is 5. The first-order valence-corrected chi connectivity index (χ1v) is 7.21. The summed E-state index contributed by atoms with van der Waals surface area (Å²) in [5, 5.41) is 14.8. The highest BCUT2D eigenvalue weighted by atomic mass is 16.1. The van der Waals surface area contributed by atoms with Gasteiger partial charge in [0.15, 0.2) is 0 Å². The second-order valence-electron chi connectivity index (χ2n) is 4.89. The van der Waals surface area contributed by atoms with E-state index < -0.39 is 0 Å². The molecule has 0 aliphatic rings. The first-order chi connectivity index (χ1) is 11.8. The van der Waals surface area contributed by atoms with E-state index in [9.17, 15) is 4.79 Å². The molecule has 0 spiro atoms. The molecule has 0 aliphatic carbocycles. The zero-order valence-electron chi connectivity index (χ0n) is 12.6. The number of nitrogens with one attached hydrogen (secondary N) is 2. The van der Waals surface area contributed by atoms with Crippen molar-refractivity contribution in [1.29, 1.82) is 5.26 Å². The predicted octanol–water partition coefficient (Wildman–Crippen LogP) is 3.34. The number of benzene rings is 2. The number of carbonyl (C=O) groups is 1. The third kappa shape index (κ3) is 3.54.